The second-order valence-corrected chi connectivity index (χ2v) is 6.05. The van der Waals surface area contributed by atoms with Crippen molar-refractivity contribution in [1.29, 1.82) is 0 Å². The quantitative estimate of drug-likeness (QED) is 0.514. The van der Waals surface area contributed by atoms with Gasteiger partial charge in [0.15, 0.2) is 0 Å². The highest BCUT2D eigenvalue weighted by Crippen LogP contribution is 2.55. The Balaban J connectivity index is 2.18. The minimum atomic E-state index is 0.645. The molecule has 0 heteroatoms. The number of fused-ring (bicyclic) bond motifs is 2. The zero-order valence-corrected chi connectivity index (χ0v) is 8.93. The molecule has 2 fully saturated rings. The molecule has 0 heterocycles. The maximum atomic E-state index is 2.47. The third kappa shape index (κ3) is 1.20. The standard InChI is InChI=1S/C12H22/c1-8-9(2)11-5-10(8)6-12(3,4)7-11/h8-11H,5-7H2,1-4H3. The lowest BCUT2D eigenvalue weighted by Gasteiger charge is -2.35. The maximum absolute atomic E-state index is 2.47. The van der Waals surface area contributed by atoms with Crippen molar-refractivity contribution >= 4 is 0 Å². The van der Waals surface area contributed by atoms with E-state index in [1.54, 1.807) is 0 Å². The molecule has 12 heavy (non-hydrogen) atoms. The summed E-state index contributed by atoms with van der Waals surface area (Å²) >= 11 is 0. The summed E-state index contributed by atoms with van der Waals surface area (Å²) in [6, 6.07) is 0. The minimum Gasteiger partial charge on any atom is -0.0620 e. The zero-order valence-electron chi connectivity index (χ0n) is 8.93. The Kier molecular flexibility index (Phi) is 1.79. The van der Waals surface area contributed by atoms with Gasteiger partial charge in [0.05, 0.1) is 0 Å². The first kappa shape index (κ1) is 8.59. The highest BCUT2D eigenvalue weighted by molar-refractivity contribution is 4.95. The molecule has 0 aromatic carbocycles. The van der Waals surface area contributed by atoms with E-state index in [2.05, 4.69) is 27.7 Å². The predicted molar refractivity (Wildman–Crippen MR) is 52.9 cm³/mol. The van der Waals surface area contributed by atoms with Crippen molar-refractivity contribution in [2.24, 2.45) is 29.1 Å². The van der Waals surface area contributed by atoms with Gasteiger partial charge in [-0.25, -0.2) is 0 Å². The Morgan fingerprint density at radius 3 is 1.75 bits per heavy atom. The van der Waals surface area contributed by atoms with Gasteiger partial charge < -0.3 is 0 Å². The van der Waals surface area contributed by atoms with Crippen molar-refractivity contribution in [2.75, 3.05) is 0 Å². The summed E-state index contributed by atoms with van der Waals surface area (Å²) in [5.41, 5.74) is 0.645. The molecule has 2 bridgehead atoms. The Hall–Kier alpha value is 0. The van der Waals surface area contributed by atoms with E-state index in [4.69, 9.17) is 0 Å². The SMILES string of the molecule is CC1C2CC(CC(C)(C)C2)C1C. The predicted octanol–water partition coefficient (Wildman–Crippen LogP) is 3.71. The molecule has 2 aliphatic carbocycles. The van der Waals surface area contributed by atoms with E-state index in [-0.39, 0.29) is 0 Å². The van der Waals surface area contributed by atoms with Crippen LogP contribution in [-0.4, -0.2) is 0 Å². The molecule has 0 aromatic heterocycles. The molecule has 4 atom stereocenters. The fraction of sp³-hybridized carbons (Fsp3) is 1.00. The van der Waals surface area contributed by atoms with Crippen molar-refractivity contribution in [3.63, 3.8) is 0 Å². The largest absolute Gasteiger partial charge is 0.0620 e. The molecule has 2 saturated carbocycles. The Morgan fingerprint density at radius 2 is 1.33 bits per heavy atom. The third-order valence-corrected chi connectivity index (χ3v) is 4.55. The van der Waals surface area contributed by atoms with E-state index in [0.717, 1.165) is 23.7 Å². The lowest BCUT2D eigenvalue weighted by molar-refractivity contribution is 0.161. The van der Waals surface area contributed by atoms with E-state index in [1.807, 2.05) is 0 Å². The van der Waals surface area contributed by atoms with Crippen LogP contribution in [0.3, 0.4) is 0 Å². The van der Waals surface area contributed by atoms with Crippen LogP contribution in [0.2, 0.25) is 0 Å². The van der Waals surface area contributed by atoms with Crippen molar-refractivity contribution in [3.05, 3.63) is 0 Å². The molecule has 0 aliphatic heterocycles. The van der Waals surface area contributed by atoms with E-state index in [0.29, 0.717) is 5.41 Å². The van der Waals surface area contributed by atoms with Gasteiger partial charge in [-0.1, -0.05) is 27.7 Å². The van der Waals surface area contributed by atoms with Gasteiger partial charge in [-0.2, -0.15) is 0 Å². The summed E-state index contributed by atoms with van der Waals surface area (Å²) in [6.07, 6.45) is 4.50. The lowest BCUT2D eigenvalue weighted by atomic mass is 9.71. The van der Waals surface area contributed by atoms with Crippen LogP contribution in [0.5, 0.6) is 0 Å². The fourth-order valence-electron chi connectivity index (χ4n) is 3.72. The molecule has 70 valence electrons. The van der Waals surface area contributed by atoms with E-state index >= 15 is 0 Å². The van der Waals surface area contributed by atoms with Crippen molar-refractivity contribution < 1.29 is 0 Å². The molecule has 0 amide bonds. The van der Waals surface area contributed by atoms with Gasteiger partial charge in [-0.3, -0.25) is 0 Å². The van der Waals surface area contributed by atoms with Crippen molar-refractivity contribution in [3.8, 4) is 0 Å². The van der Waals surface area contributed by atoms with Crippen molar-refractivity contribution in [2.45, 2.75) is 47.0 Å². The van der Waals surface area contributed by atoms with Crippen LogP contribution >= 0.6 is 0 Å². The average molecular weight is 166 g/mol. The molecule has 0 nitrogen and oxygen atoms in total. The summed E-state index contributed by atoms with van der Waals surface area (Å²) in [4.78, 5) is 0. The van der Waals surface area contributed by atoms with Crippen LogP contribution in [-0.2, 0) is 0 Å². The second-order valence-electron chi connectivity index (χ2n) is 6.05. The van der Waals surface area contributed by atoms with Gasteiger partial charge >= 0.3 is 0 Å². The topological polar surface area (TPSA) is 0 Å². The third-order valence-electron chi connectivity index (χ3n) is 4.55. The van der Waals surface area contributed by atoms with Crippen LogP contribution < -0.4 is 0 Å². The summed E-state index contributed by atoms with van der Waals surface area (Å²) in [6.45, 7) is 9.85. The summed E-state index contributed by atoms with van der Waals surface area (Å²) in [5, 5.41) is 0. The summed E-state index contributed by atoms with van der Waals surface area (Å²) in [5.74, 6) is 4.09. The molecular weight excluding hydrogens is 144 g/mol. The van der Waals surface area contributed by atoms with Crippen molar-refractivity contribution in [1.82, 2.24) is 0 Å². The zero-order chi connectivity index (χ0) is 8.93. The molecule has 0 aromatic rings. The number of hydrogen-bond donors (Lipinski definition) is 0. The van der Waals surface area contributed by atoms with Crippen LogP contribution in [0.4, 0.5) is 0 Å². The van der Waals surface area contributed by atoms with E-state index < -0.39 is 0 Å². The molecule has 0 N–H and O–H groups in total. The van der Waals surface area contributed by atoms with E-state index in [9.17, 15) is 0 Å². The van der Waals surface area contributed by atoms with Gasteiger partial charge in [-0.05, 0) is 48.3 Å². The van der Waals surface area contributed by atoms with Gasteiger partial charge in [0.1, 0.15) is 0 Å². The number of hydrogen-bond acceptors (Lipinski definition) is 0. The van der Waals surface area contributed by atoms with Crippen LogP contribution in [0, 0.1) is 29.1 Å². The minimum absolute atomic E-state index is 0.645. The fourth-order valence-corrected chi connectivity index (χ4v) is 3.72. The highest BCUT2D eigenvalue weighted by Gasteiger charge is 2.46. The summed E-state index contributed by atoms with van der Waals surface area (Å²) < 4.78 is 0. The molecule has 0 saturated heterocycles. The van der Waals surface area contributed by atoms with Gasteiger partial charge in [-0.15, -0.1) is 0 Å². The smallest absolute Gasteiger partial charge is 0.0349 e. The van der Waals surface area contributed by atoms with Crippen LogP contribution in [0.1, 0.15) is 47.0 Å². The maximum Gasteiger partial charge on any atom is -0.0349 e. The van der Waals surface area contributed by atoms with Gasteiger partial charge in [0.25, 0.3) is 0 Å². The molecule has 2 rings (SSSR count). The normalized spacial score (nSPS) is 51.0. The summed E-state index contributed by atoms with van der Waals surface area (Å²) in [7, 11) is 0. The first-order valence-electron chi connectivity index (χ1n) is 5.49. The first-order chi connectivity index (χ1) is 5.49. The molecule has 2 aliphatic rings. The Bertz CT molecular complexity index is 162. The van der Waals surface area contributed by atoms with E-state index in [1.165, 1.54) is 19.3 Å². The Morgan fingerprint density at radius 1 is 0.917 bits per heavy atom. The van der Waals surface area contributed by atoms with Gasteiger partial charge in [0.2, 0.25) is 0 Å². The lowest BCUT2D eigenvalue weighted by Crippen LogP contribution is -2.24. The second kappa shape index (κ2) is 2.49. The average Bonchev–Trinajstić information content (AvgIpc) is 2.14. The van der Waals surface area contributed by atoms with Crippen LogP contribution in [0.15, 0.2) is 0 Å². The van der Waals surface area contributed by atoms with Crippen LogP contribution in [0.25, 0.3) is 0 Å². The Labute approximate surface area is 76.7 Å². The molecule has 0 spiro atoms. The molecule has 0 radical (unpaired) electrons. The monoisotopic (exact) mass is 166 g/mol. The first-order valence-corrected chi connectivity index (χ1v) is 5.49. The number of rotatable bonds is 0. The molecular formula is C12H22. The molecule has 4 unspecified atom stereocenters. The highest BCUT2D eigenvalue weighted by atomic mass is 14.5. The van der Waals surface area contributed by atoms with Gasteiger partial charge in [0, 0.05) is 0 Å².